The fourth-order valence-corrected chi connectivity index (χ4v) is 1.72. The third kappa shape index (κ3) is 3.56. The van der Waals surface area contributed by atoms with Crippen LogP contribution in [0.1, 0.15) is 26.3 Å². The molecule has 2 rings (SSSR count). The van der Waals surface area contributed by atoms with Crippen LogP contribution in [-0.2, 0) is 11.3 Å². The van der Waals surface area contributed by atoms with Crippen LogP contribution in [0.2, 0.25) is 0 Å². The number of ether oxygens (including phenoxy) is 1. The summed E-state index contributed by atoms with van der Waals surface area (Å²) >= 11 is 0. The summed E-state index contributed by atoms with van der Waals surface area (Å²) in [5.74, 6) is -1.79. The molecule has 2 aromatic rings. The van der Waals surface area contributed by atoms with Gasteiger partial charge in [-0.1, -0.05) is 12.1 Å². The number of nitrogens with two attached hydrogens (primary N) is 2. The maximum absolute atomic E-state index is 13.0. The third-order valence-corrected chi connectivity index (χ3v) is 2.81. The van der Waals surface area contributed by atoms with Gasteiger partial charge in [-0.2, -0.15) is 0 Å². The Morgan fingerprint density at radius 1 is 1.10 bits per heavy atom. The van der Waals surface area contributed by atoms with Crippen molar-refractivity contribution in [1.82, 2.24) is 0 Å². The molecule has 0 heterocycles. The van der Waals surface area contributed by atoms with Gasteiger partial charge in [0.05, 0.1) is 11.3 Å². The summed E-state index contributed by atoms with van der Waals surface area (Å²) in [5, 5.41) is 0. The molecule has 4 N–H and O–H groups in total. The molecule has 0 saturated carbocycles. The van der Waals surface area contributed by atoms with E-state index >= 15 is 0 Å². The number of benzene rings is 2. The number of anilines is 1. The number of amides is 1. The van der Waals surface area contributed by atoms with Gasteiger partial charge in [0.2, 0.25) is 5.91 Å². The highest BCUT2D eigenvalue weighted by Gasteiger charge is 2.10. The van der Waals surface area contributed by atoms with Gasteiger partial charge in [-0.05, 0) is 35.9 Å². The highest BCUT2D eigenvalue weighted by Crippen LogP contribution is 2.14. The molecule has 1 amide bonds. The molecule has 0 atom stereocenters. The Morgan fingerprint density at radius 2 is 1.86 bits per heavy atom. The Morgan fingerprint density at radius 3 is 2.52 bits per heavy atom. The predicted molar refractivity (Wildman–Crippen MR) is 74.9 cm³/mol. The molecule has 0 fully saturated rings. The maximum atomic E-state index is 13.0. The number of hydrogen-bond donors (Lipinski definition) is 2. The molecule has 0 bridgehead atoms. The fraction of sp³-hybridized carbons (Fsp3) is 0.0667. The molecule has 0 aliphatic rings. The van der Waals surface area contributed by atoms with Gasteiger partial charge in [-0.15, -0.1) is 0 Å². The maximum Gasteiger partial charge on any atom is 0.338 e. The molecule has 0 radical (unpaired) electrons. The van der Waals surface area contributed by atoms with E-state index in [4.69, 9.17) is 16.2 Å². The number of esters is 1. The lowest BCUT2D eigenvalue weighted by atomic mass is 10.1. The zero-order valence-corrected chi connectivity index (χ0v) is 11.0. The smallest absolute Gasteiger partial charge is 0.338 e. The zero-order chi connectivity index (χ0) is 15.4. The minimum Gasteiger partial charge on any atom is -0.457 e. The van der Waals surface area contributed by atoms with Gasteiger partial charge >= 0.3 is 5.97 Å². The molecular weight excluding hydrogens is 275 g/mol. The second kappa shape index (κ2) is 6.04. The van der Waals surface area contributed by atoms with Crippen LogP contribution in [0.25, 0.3) is 0 Å². The Balaban J connectivity index is 2.05. The van der Waals surface area contributed by atoms with E-state index in [1.165, 1.54) is 18.2 Å². The molecular formula is C15H13FN2O3. The molecule has 108 valence electrons. The van der Waals surface area contributed by atoms with Gasteiger partial charge in [0.15, 0.2) is 0 Å². The Labute approximate surface area is 120 Å². The minimum absolute atomic E-state index is 0.0305. The monoisotopic (exact) mass is 288 g/mol. The lowest BCUT2D eigenvalue weighted by Gasteiger charge is -2.07. The van der Waals surface area contributed by atoms with Crippen molar-refractivity contribution in [2.75, 3.05) is 5.73 Å². The van der Waals surface area contributed by atoms with Crippen LogP contribution >= 0.6 is 0 Å². The largest absolute Gasteiger partial charge is 0.457 e. The fourth-order valence-electron chi connectivity index (χ4n) is 1.72. The second-order valence-electron chi connectivity index (χ2n) is 4.38. The van der Waals surface area contributed by atoms with Gasteiger partial charge in [-0.3, -0.25) is 4.79 Å². The molecule has 0 aromatic heterocycles. The zero-order valence-electron chi connectivity index (χ0n) is 11.0. The summed E-state index contributed by atoms with van der Waals surface area (Å²) in [4.78, 5) is 22.9. The van der Waals surface area contributed by atoms with E-state index < -0.39 is 17.7 Å². The first kappa shape index (κ1) is 14.5. The van der Waals surface area contributed by atoms with Crippen molar-refractivity contribution in [3.8, 4) is 0 Å². The van der Waals surface area contributed by atoms with Crippen LogP contribution in [-0.4, -0.2) is 11.9 Å². The lowest BCUT2D eigenvalue weighted by Crippen LogP contribution is -2.11. The average Bonchev–Trinajstić information content (AvgIpc) is 2.48. The number of rotatable bonds is 4. The van der Waals surface area contributed by atoms with Gasteiger partial charge in [0, 0.05) is 5.56 Å². The normalized spacial score (nSPS) is 10.1. The van der Waals surface area contributed by atoms with Crippen LogP contribution < -0.4 is 11.5 Å². The number of nitrogen functional groups attached to an aromatic ring is 1. The topological polar surface area (TPSA) is 95.4 Å². The van der Waals surface area contributed by atoms with Crippen LogP contribution in [0.5, 0.6) is 0 Å². The molecule has 0 aliphatic carbocycles. The van der Waals surface area contributed by atoms with Crippen LogP contribution in [0.15, 0.2) is 42.5 Å². The van der Waals surface area contributed by atoms with E-state index in [-0.39, 0.29) is 17.9 Å². The average molecular weight is 288 g/mol. The van der Waals surface area contributed by atoms with E-state index in [0.717, 1.165) is 6.07 Å². The Hall–Kier alpha value is -2.89. The van der Waals surface area contributed by atoms with Crippen molar-refractivity contribution in [2.45, 2.75) is 6.61 Å². The molecule has 0 unspecified atom stereocenters. The molecule has 0 saturated heterocycles. The van der Waals surface area contributed by atoms with Crippen LogP contribution in [0, 0.1) is 5.82 Å². The minimum atomic E-state index is -0.633. The van der Waals surface area contributed by atoms with E-state index in [1.54, 1.807) is 18.2 Å². The number of halogens is 1. The second-order valence-corrected chi connectivity index (χ2v) is 4.38. The first-order valence-corrected chi connectivity index (χ1v) is 6.08. The summed E-state index contributed by atoms with van der Waals surface area (Å²) in [6, 6.07) is 10.0. The Kier molecular flexibility index (Phi) is 4.18. The SMILES string of the molecule is NC(=O)c1cccc(COC(=O)c2ccc(F)c(N)c2)c1. The number of hydrogen-bond acceptors (Lipinski definition) is 4. The van der Waals surface area contributed by atoms with Gasteiger partial charge < -0.3 is 16.2 Å². The standard InChI is InChI=1S/C15H13FN2O3/c16-12-5-4-11(7-13(12)17)15(20)21-8-9-2-1-3-10(6-9)14(18)19/h1-7H,8,17H2,(H2,18,19). The van der Waals surface area contributed by atoms with Crippen molar-refractivity contribution >= 4 is 17.6 Å². The van der Waals surface area contributed by atoms with Crippen molar-refractivity contribution in [1.29, 1.82) is 0 Å². The van der Waals surface area contributed by atoms with Crippen molar-refractivity contribution in [2.24, 2.45) is 5.73 Å². The van der Waals surface area contributed by atoms with Gasteiger partial charge in [-0.25, -0.2) is 9.18 Å². The molecule has 0 spiro atoms. The van der Waals surface area contributed by atoms with Gasteiger partial charge in [0.1, 0.15) is 12.4 Å². The summed E-state index contributed by atoms with van der Waals surface area (Å²) in [6.07, 6.45) is 0. The first-order chi connectivity index (χ1) is 9.97. The molecule has 0 aliphatic heterocycles. The van der Waals surface area contributed by atoms with Gasteiger partial charge in [0.25, 0.3) is 0 Å². The predicted octanol–water partition coefficient (Wildman–Crippen LogP) is 1.86. The quantitative estimate of drug-likeness (QED) is 0.663. The van der Waals surface area contributed by atoms with Crippen molar-refractivity contribution < 1.29 is 18.7 Å². The number of carbonyl (C=O) groups is 2. The number of carbonyl (C=O) groups excluding carboxylic acids is 2. The van der Waals surface area contributed by atoms with Crippen molar-refractivity contribution in [3.05, 3.63) is 65.0 Å². The van der Waals surface area contributed by atoms with Crippen LogP contribution in [0.4, 0.5) is 10.1 Å². The summed E-state index contributed by atoms with van der Waals surface area (Å²) in [7, 11) is 0. The highest BCUT2D eigenvalue weighted by molar-refractivity contribution is 5.93. The van der Waals surface area contributed by atoms with E-state index in [9.17, 15) is 14.0 Å². The third-order valence-electron chi connectivity index (χ3n) is 2.81. The first-order valence-electron chi connectivity index (χ1n) is 6.08. The van der Waals surface area contributed by atoms with E-state index in [0.29, 0.717) is 11.1 Å². The van der Waals surface area contributed by atoms with Crippen LogP contribution in [0.3, 0.4) is 0 Å². The Bertz CT molecular complexity index is 701. The van der Waals surface area contributed by atoms with E-state index in [2.05, 4.69) is 0 Å². The summed E-state index contributed by atoms with van der Waals surface area (Å²) < 4.78 is 18.1. The molecule has 21 heavy (non-hydrogen) atoms. The summed E-state index contributed by atoms with van der Waals surface area (Å²) in [5.41, 5.74) is 11.5. The highest BCUT2D eigenvalue weighted by atomic mass is 19.1. The number of primary amides is 1. The van der Waals surface area contributed by atoms with E-state index in [1.807, 2.05) is 0 Å². The van der Waals surface area contributed by atoms with Crippen molar-refractivity contribution in [3.63, 3.8) is 0 Å². The summed E-state index contributed by atoms with van der Waals surface area (Å²) in [6.45, 7) is -0.0305. The molecule has 2 aromatic carbocycles. The molecule has 6 heteroatoms. The molecule has 5 nitrogen and oxygen atoms in total. The lowest BCUT2D eigenvalue weighted by molar-refractivity contribution is 0.0472.